The third-order valence-electron chi connectivity index (χ3n) is 2.12. The van der Waals surface area contributed by atoms with E-state index in [1.54, 1.807) is 6.07 Å². The van der Waals surface area contributed by atoms with Crippen molar-refractivity contribution >= 4 is 21.2 Å². The van der Waals surface area contributed by atoms with Gasteiger partial charge in [-0.05, 0) is 18.1 Å². The van der Waals surface area contributed by atoms with Crippen molar-refractivity contribution in [2.45, 2.75) is 18.8 Å². The Balaban J connectivity index is 2.40. The molecule has 0 aliphatic carbocycles. The van der Waals surface area contributed by atoms with E-state index < -0.39 is 9.84 Å². The second kappa shape index (κ2) is 3.08. The average Bonchev–Trinajstić information content (AvgIpc) is 2.44. The third-order valence-corrected chi connectivity index (χ3v) is 4.92. The number of fused-ring (bicyclic) bond motifs is 1. The molecule has 1 N–H and O–H groups in total. The molecule has 1 aromatic heterocycles. The summed E-state index contributed by atoms with van der Waals surface area (Å²) < 4.78 is 22.5. The van der Waals surface area contributed by atoms with Gasteiger partial charge in [0.2, 0.25) is 0 Å². The van der Waals surface area contributed by atoms with Gasteiger partial charge in [0.15, 0.2) is 9.84 Å². The maximum atomic E-state index is 11.3. The molecule has 0 saturated heterocycles. The van der Waals surface area contributed by atoms with Crippen LogP contribution in [0.4, 0.5) is 0 Å². The largest absolute Gasteiger partial charge is 0.391 e. The highest BCUT2D eigenvalue weighted by molar-refractivity contribution is 7.90. The zero-order valence-corrected chi connectivity index (χ0v) is 8.62. The summed E-state index contributed by atoms with van der Waals surface area (Å²) >= 11 is 1.52. The number of sulfone groups is 1. The minimum absolute atomic E-state index is 0.0116. The van der Waals surface area contributed by atoms with Gasteiger partial charge in [-0.15, -0.1) is 11.3 Å². The first-order valence-corrected chi connectivity index (χ1v) is 6.66. The first-order chi connectivity index (χ1) is 6.11. The van der Waals surface area contributed by atoms with Gasteiger partial charge in [0.1, 0.15) is 0 Å². The van der Waals surface area contributed by atoms with Crippen molar-refractivity contribution in [2.75, 3.05) is 5.75 Å². The topological polar surface area (TPSA) is 54.4 Å². The van der Waals surface area contributed by atoms with E-state index in [1.165, 1.54) is 11.3 Å². The van der Waals surface area contributed by atoms with E-state index in [4.69, 9.17) is 5.11 Å². The number of hydrogen-bond acceptors (Lipinski definition) is 4. The number of thiophene rings is 1. The van der Waals surface area contributed by atoms with Crippen molar-refractivity contribution in [3.8, 4) is 0 Å². The van der Waals surface area contributed by atoms with Crippen LogP contribution in [0.15, 0.2) is 6.07 Å². The van der Waals surface area contributed by atoms with Crippen molar-refractivity contribution < 1.29 is 13.5 Å². The minimum atomic E-state index is -2.87. The molecule has 0 radical (unpaired) electrons. The first kappa shape index (κ1) is 9.18. The summed E-state index contributed by atoms with van der Waals surface area (Å²) in [4.78, 5) is 1.99. The fourth-order valence-electron chi connectivity index (χ4n) is 1.50. The summed E-state index contributed by atoms with van der Waals surface area (Å²) in [6.07, 6.45) is 0.613. The molecule has 3 nitrogen and oxygen atoms in total. The summed E-state index contributed by atoms with van der Waals surface area (Å²) in [5.74, 6) is 0.407. The van der Waals surface area contributed by atoms with Crippen LogP contribution in [-0.2, 0) is 28.6 Å². The lowest BCUT2D eigenvalue weighted by molar-refractivity contribution is 0.285. The second-order valence-corrected chi connectivity index (χ2v) is 6.57. The van der Waals surface area contributed by atoms with E-state index in [9.17, 15) is 8.42 Å². The lowest BCUT2D eigenvalue weighted by Crippen LogP contribution is -2.16. The van der Waals surface area contributed by atoms with Crippen LogP contribution in [-0.4, -0.2) is 19.3 Å². The summed E-state index contributed by atoms with van der Waals surface area (Å²) in [7, 11) is -2.87. The molecule has 0 saturated carbocycles. The fourth-order valence-corrected chi connectivity index (χ4v) is 4.16. The van der Waals surface area contributed by atoms with Crippen molar-refractivity contribution in [1.29, 1.82) is 0 Å². The average molecular weight is 218 g/mol. The Hall–Kier alpha value is -0.390. The predicted octanol–water partition coefficient (Wildman–Crippen LogP) is 0.711. The van der Waals surface area contributed by atoms with Crippen LogP contribution in [0.5, 0.6) is 0 Å². The molecule has 0 fully saturated rings. The van der Waals surface area contributed by atoms with Gasteiger partial charge in [-0.2, -0.15) is 0 Å². The second-order valence-electron chi connectivity index (χ2n) is 3.16. The number of aryl methyl sites for hydroxylation is 1. The van der Waals surface area contributed by atoms with Crippen LogP contribution < -0.4 is 0 Å². The number of aliphatic hydroxyl groups is 1. The molecular formula is C8H10O3S2. The molecule has 0 amide bonds. The van der Waals surface area contributed by atoms with Crippen molar-refractivity contribution in [1.82, 2.24) is 0 Å². The number of rotatable bonds is 1. The van der Waals surface area contributed by atoms with E-state index >= 15 is 0 Å². The van der Waals surface area contributed by atoms with Gasteiger partial charge in [-0.1, -0.05) is 0 Å². The molecule has 2 rings (SSSR count). The Morgan fingerprint density at radius 3 is 3.00 bits per heavy atom. The van der Waals surface area contributed by atoms with E-state index in [1.807, 2.05) is 0 Å². The zero-order valence-electron chi connectivity index (χ0n) is 6.99. The molecule has 1 aromatic rings. The van der Waals surface area contributed by atoms with E-state index in [0.717, 1.165) is 15.3 Å². The lowest BCUT2D eigenvalue weighted by Gasteiger charge is -2.10. The van der Waals surface area contributed by atoms with Crippen LogP contribution in [0, 0.1) is 0 Å². The van der Waals surface area contributed by atoms with Gasteiger partial charge in [0, 0.05) is 9.75 Å². The highest BCUT2D eigenvalue weighted by Gasteiger charge is 2.23. The molecule has 1 aliphatic rings. The van der Waals surface area contributed by atoms with Gasteiger partial charge < -0.3 is 5.11 Å². The smallest absolute Gasteiger partial charge is 0.154 e. The molecule has 72 valence electrons. The van der Waals surface area contributed by atoms with E-state index in [2.05, 4.69) is 0 Å². The molecule has 0 spiro atoms. The summed E-state index contributed by atoms with van der Waals surface area (Å²) in [5.41, 5.74) is 0.889. The zero-order chi connectivity index (χ0) is 9.47. The van der Waals surface area contributed by atoms with Crippen LogP contribution in [0.3, 0.4) is 0 Å². The Morgan fingerprint density at radius 1 is 1.54 bits per heavy atom. The maximum absolute atomic E-state index is 11.3. The molecular weight excluding hydrogens is 208 g/mol. The molecule has 13 heavy (non-hydrogen) atoms. The van der Waals surface area contributed by atoms with Crippen LogP contribution in [0.25, 0.3) is 0 Å². The SMILES string of the molecule is O=S1(=O)CCc2sc(CO)cc2C1. The van der Waals surface area contributed by atoms with Crippen LogP contribution in [0.1, 0.15) is 15.3 Å². The monoisotopic (exact) mass is 218 g/mol. The van der Waals surface area contributed by atoms with Gasteiger partial charge in [0.25, 0.3) is 0 Å². The first-order valence-electron chi connectivity index (χ1n) is 4.02. The molecule has 0 unspecified atom stereocenters. The normalized spacial score (nSPS) is 19.8. The Labute approximate surface area is 80.9 Å². The van der Waals surface area contributed by atoms with Crippen LogP contribution >= 0.6 is 11.3 Å². The van der Waals surface area contributed by atoms with Crippen molar-refractivity contribution in [3.63, 3.8) is 0 Å². The Bertz CT molecular complexity index is 417. The maximum Gasteiger partial charge on any atom is 0.154 e. The fraction of sp³-hybridized carbons (Fsp3) is 0.500. The molecule has 2 heterocycles. The number of aliphatic hydroxyl groups excluding tert-OH is 1. The molecule has 0 bridgehead atoms. The van der Waals surface area contributed by atoms with Crippen molar-refractivity contribution in [3.05, 3.63) is 21.4 Å². The van der Waals surface area contributed by atoms with Gasteiger partial charge in [-0.25, -0.2) is 8.42 Å². The predicted molar refractivity (Wildman–Crippen MR) is 51.4 cm³/mol. The Morgan fingerprint density at radius 2 is 2.31 bits per heavy atom. The lowest BCUT2D eigenvalue weighted by atomic mass is 10.2. The summed E-state index contributed by atoms with van der Waals surface area (Å²) in [5, 5.41) is 8.88. The van der Waals surface area contributed by atoms with Gasteiger partial charge >= 0.3 is 0 Å². The van der Waals surface area contributed by atoms with E-state index in [0.29, 0.717) is 6.42 Å². The summed E-state index contributed by atoms with van der Waals surface area (Å²) in [6.45, 7) is 0.0116. The van der Waals surface area contributed by atoms with Crippen molar-refractivity contribution in [2.24, 2.45) is 0 Å². The highest BCUT2D eigenvalue weighted by Crippen LogP contribution is 2.29. The van der Waals surface area contributed by atoms with Gasteiger partial charge in [-0.3, -0.25) is 0 Å². The van der Waals surface area contributed by atoms with E-state index in [-0.39, 0.29) is 18.1 Å². The molecule has 0 aromatic carbocycles. The molecule has 0 atom stereocenters. The van der Waals surface area contributed by atoms with Crippen LogP contribution in [0.2, 0.25) is 0 Å². The Kier molecular flexibility index (Phi) is 2.17. The molecule has 5 heteroatoms. The standard InChI is InChI=1S/C8H10O3S2/c9-4-7-3-6-5-13(10,11)2-1-8(6)12-7/h3,9H,1-2,4-5H2. The number of hydrogen-bond donors (Lipinski definition) is 1. The molecule has 1 aliphatic heterocycles. The minimum Gasteiger partial charge on any atom is -0.391 e. The highest BCUT2D eigenvalue weighted by atomic mass is 32.2. The third kappa shape index (κ3) is 1.77. The summed E-state index contributed by atoms with van der Waals surface area (Å²) in [6, 6.07) is 1.80. The van der Waals surface area contributed by atoms with Gasteiger partial charge in [0.05, 0.1) is 18.1 Å². The quantitative estimate of drug-likeness (QED) is 0.755.